The average Bonchev–Trinajstić information content (AvgIpc) is 3.09. The third-order valence-corrected chi connectivity index (χ3v) is 4.80. The fourth-order valence-corrected chi connectivity index (χ4v) is 3.12. The van der Waals surface area contributed by atoms with Gasteiger partial charge in [-0.1, -0.05) is 12.1 Å². The van der Waals surface area contributed by atoms with E-state index in [0.717, 1.165) is 16.8 Å². The predicted octanol–water partition coefficient (Wildman–Crippen LogP) is 4.21. The molecule has 3 rings (SSSR count). The molecule has 2 N–H and O–H groups in total. The van der Waals surface area contributed by atoms with Crippen LogP contribution in [0.4, 0.5) is 15.8 Å². The Kier molecular flexibility index (Phi) is 7.15. The minimum absolute atomic E-state index is 0.152. The number of aromatic nitrogens is 1. The highest BCUT2D eigenvalue weighted by Gasteiger charge is 2.18. The van der Waals surface area contributed by atoms with E-state index in [0.29, 0.717) is 30.2 Å². The van der Waals surface area contributed by atoms with Gasteiger partial charge in [0.05, 0.1) is 6.54 Å². The Balaban J connectivity index is 1.60. The molecule has 1 heterocycles. The van der Waals surface area contributed by atoms with E-state index in [4.69, 9.17) is 4.52 Å². The second kappa shape index (κ2) is 9.99. The Labute approximate surface area is 180 Å². The van der Waals surface area contributed by atoms with Gasteiger partial charge in [-0.3, -0.25) is 14.5 Å². The van der Waals surface area contributed by atoms with Gasteiger partial charge in [0.2, 0.25) is 11.8 Å². The molecular formula is C23H25FN4O3. The number of amides is 2. The van der Waals surface area contributed by atoms with Gasteiger partial charge in [-0.2, -0.15) is 0 Å². The fourth-order valence-electron chi connectivity index (χ4n) is 3.12. The van der Waals surface area contributed by atoms with E-state index in [9.17, 15) is 14.0 Å². The van der Waals surface area contributed by atoms with E-state index in [1.54, 1.807) is 36.4 Å². The molecule has 3 aromatic rings. The van der Waals surface area contributed by atoms with Crippen molar-refractivity contribution >= 4 is 23.2 Å². The summed E-state index contributed by atoms with van der Waals surface area (Å²) in [5.74, 6) is -0.0287. The maximum Gasteiger partial charge on any atom is 0.238 e. The standard InChI is InChI=1S/C23H25FN4O3/c1-4-28(14-22(30)26-20-11-9-19(10-12-20)25-16(3)29)13-21-15(2)23(31-27-21)17-5-7-18(24)8-6-17/h5-12H,4,13-14H2,1-3H3,(H,25,29)(H,26,30). The number of rotatable bonds is 8. The van der Waals surface area contributed by atoms with Gasteiger partial charge in [-0.05, 0) is 62.0 Å². The van der Waals surface area contributed by atoms with Crippen molar-refractivity contribution in [2.75, 3.05) is 23.7 Å². The highest BCUT2D eigenvalue weighted by Crippen LogP contribution is 2.26. The zero-order valence-electron chi connectivity index (χ0n) is 17.7. The molecule has 0 bridgehead atoms. The Hall–Kier alpha value is -3.52. The molecule has 0 fully saturated rings. The van der Waals surface area contributed by atoms with E-state index in [1.807, 2.05) is 18.7 Å². The van der Waals surface area contributed by atoms with Crippen molar-refractivity contribution in [2.24, 2.45) is 0 Å². The van der Waals surface area contributed by atoms with Gasteiger partial charge >= 0.3 is 0 Å². The Bertz CT molecular complexity index is 1050. The first-order valence-corrected chi connectivity index (χ1v) is 9.96. The summed E-state index contributed by atoms with van der Waals surface area (Å²) in [5, 5.41) is 9.68. The highest BCUT2D eigenvalue weighted by molar-refractivity contribution is 5.93. The number of hydrogen-bond acceptors (Lipinski definition) is 5. The van der Waals surface area contributed by atoms with Gasteiger partial charge in [0.25, 0.3) is 0 Å². The molecule has 0 aliphatic heterocycles. The first-order valence-electron chi connectivity index (χ1n) is 9.96. The van der Waals surface area contributed by atoms with Crippen LogP contribution >= 0.6 is 0 Å². The number of nitrogens with zero attached hydrogens (tertiary/aromatic N) is 2. The molecule has 0 saturated heterocycles. The lowest BCUT2D eigenvalue weighted by atomic mass is 10.1. The molecule has 2 amide bonds. The third-order valence-electron chi connectivity index (χ3n) is 4.80. The molecule has 2 aromatic carbocycles. The lowest BCUT2D eigenvalue weighted by Crippen LogP contribution is -2.33. The van der Waals surface area contributed by atoms with Gasteiger partial charge < -0.3 is 15.2 Å². The normalized spacial score (nSPS) is 10.9. The first-order chi connectivity index (χ1) is 14.9. The van der Waals surface area contributed by atoms with Crippen molar-refractivity contribution in [1.82, 2.24) is 10.1 Å². The molecular weight excluding hydrogens is 399 g/mol. The second-order valence-corrected chi connectivity index (χ2v) is 7.20. The molecule has 0 unspecified atom stereocenters. The second-order valence-electron chi connectivity index (χ2n) is 7.20. The van der Waals surface area contributed by atoms with Gasteiger partial charge in [-0.25, -0.2) is 4.39 Å². The van der Waals surface area contributed by atoms with Gasteiger partial charge in [0.15, 0.2) is 5.76 Å². The van der Waals surface area contributed by atoms with E-state index in [2.05, 4.69) is 15.8 Å². The zero-order valence-corrected chi connectivity index (χ0v) is 17.7. The third kappa shape index (κ3) is 5.99. The number of nitrogens with one attached hydrogen (secondary N) is 2. The summed E-state index contributed by atoms with van der Waals surface area (Å²) in [6, 6.07) is 13.0. The largest absolute Gasteiger partial charge is 0.356 e. The molecule has 0 radical (unpaired) electrons. The van der Waals surface area contributed by atoms with Gasteiger partial charge in [0.1, 0.15) is 11.5 Å². The van der Waals surface area contributed by atoms with Crippen molar-refractivity contribution in [3.8, 4) is 11.3 Å². The topological polar surface area (TPSA) is 87.5 Å². The van der Waals surface area contributed by atoms with Gasteiger partial charge in [0, 0.05) is 36.0 Å². The maximum atomic E-state index is 13.2. The molecule has 7 nitrogen and oxygen atoms in total. The summed E-state index contributed by atoms with van der Waals surface area (Å²) in [6.45, 7) is 6.58. The van der Waals surface area contributed by atoms with Crippen molar-refractivity contribution in [2.45, 2.75) is 27.3 Å². The van der Waals surface area contributed by atoms with Crippen molar-refractivity contribution < 1.29 is 18.5 Å². The molecule has 8 heteroatoms. The first kappa shape index (κ1) is 22.2. The number of carbonyl (C=O) groups excluding carboxylic acids is 2. The molecule has 0 aliphatic rings. The van der Waals surface area contributed by atoms with Crippen LogP contribution in [0, 0.1) is 12.7 Å². The maximum absolute atomic E-state index is 13.2. The van der Waals surface area contributed by atoms with E-state index >= 15 is 0 Å². The summed E-state index contributed by atoms with van der Waals surface area (Å²) < 4.78 is 18.6. The minimum Gasteiger partial charge on any atom is -0.356 e. The molecule has 0 atom stereocenters. The Morgan fingerprint density at radius 2 is 1.65 bits per heavy atom. The zero-order chi connectivity index (χ0) is 22.4. The molecule has 31 heavy (non-hydrogen) atoms. The predicted molar refractivity (Wildman–Crippen MR) is 117 cm³/mol. The SMILES string of the molecule is CCN(CC(=O)Nc1ccc(NC(C)=O)cc1)Cc1noc(-c2ccc(F)cc2)c1C. The number of carbonyl (C=O) groups is 2. The Morgan fingerprint density at radius 3 is 2.23 bits per heavy atom. The lowest BCUT2D eigenvalue weighted by Gasteiger charge is -2.19. The van der Waals surface area contributed by atoms with Crippen LogP contribution in [-0.4, -0.2) is 35.0 Å². The van der Waals surface area contributed by atoms with Crippen LogP contribution in [-0.2, 0) is 16.1 Å². The van der Waals surface area contributed by atoms with Crippen molar-refractivity contribution in [1.29, 1.82) is 0 Å². The fraction of sp³-hybridized carbons (Fsp3) is 0.261. The van der Waals surface area contributed by atoms with Crippen LogP contribution in [0.2, 0.25) is 0 Å². The Morgan fingerprint density at radius 1 is 1.03 bits per heavy atom. The van der Waals surface area contributed by atoms with Crippen LogP contribution < -0.4 is 10.6 Å². The van der Waals surface area contributed by atoms with Gasteiger partial charge in [-0.15, -0.1) is 0 Å². The summed E-state index contributed by atoms with van der Waals surface area (Å²) in [7, 11) is 0. The molecule has 1 aromatic heterocycles. The number of hydrogen-bond donors (Lipinski definition) is 2. The van der Waals surface area contributed by atoms with Crippen molar-refractivity contribution in [3.05, 3.63) is 65.6 Å². The van der Waals surface area contributed by atoms with Crippen LogP contribution in [0.1, 0.15) is 25.1 Å². The average molecular weight is 424 g/mol. The smallest absolute Gasteiger partial charge is 0.238 e. The molecule has 0 saturated carbocycles. The van der Waals surface area contributed by atoms with E-state index in [-0.39, 0.29) is 24.2 Å². The molecule has 0 aliphatic carbocycles. The van der Waals surface area contributed by atoms with Crippen LogP contribution in [0.15, 0.2) is 53.1 Å². The summed E-state index contributed by atoms with van der Waals surface area (Å²) in [5.41, 5.74) is 3.65. The summed E-state index contributed by atoms with van der Waals surface area (Å²) in [6.07, 6.45) is 0. The molecule has 162 valence electrons. The monoisotopic (exact) mass is 424 g/mol. The highest BCUT2D eigenvalue weighted by atomic mass is 19.1. The van der Waals surface area contributed by atoms with Crippen LogP contribution in [0.25, 0.3) is 11.3 Å². The number of likely N-dealkylation sites (N-methyl/N-ethyl adjacent to an activating group) is 1. The van der Waals surface area contributed by atoms with Crippen LogP contribution in [0.5, 0.6) is 0 Å². The number of halogens is 1. The number of anilines is 2. The lowest BCUT2D eigenvalue weighted by molar-refractivity contribution is -0.117. The van der Waals surface area contributed by atoms with E-state index < -0.39 is 0 Å². The minimum atomic E-state index is -0.311. The summed E-state index contributed by atoms with van der Waals surface area (Å²) in [4.78, 5) is 25.5. The van der Waals surface area contributed by atoms with Crippen LogP contribution in [0.3, 0.4) is 0 Å². The van der Waals surface area contributed by atoms with Crippen molar-refractivity contribution in [3.63, 3.8) is 0 Å². The summed E-state index contributed by atoms with van der Waals surface area (Å²) >= 11 is 0. The quantitative estimate of drug-likeness (QED) is 0.566. The van der Waals surface area contributed by atoms with E-state index in [1.165, 1.54) is 19.1 Å². The molecule has 0 spiro atoms. The number of benzene rings is 2.